The minimum absolute atomic E-state index is 0.0820. The van der Waals surface area contributed by atoms with Gasteiger partial charge >= 0.3 is 0 Å². The Labute approximate surface area is 113 Å². The molecule has 100 valence electrons. The van der Waals surface area contributed by atoms with E-state index in [1.807, 2.05) is 18.2 Å². The molecule has 0 saturated heterocycles. The first-order valence-corrected chi connectivity index (χ1v) is 6.43. The molecule has 2 rings (SSSR count). The first-order valence-electron chi connectivity index (χ1n) is 6.43. The summed E-state index contributed by atoms with van der Waals surface area (Å²) in [6.07, 6.45) is 0.944. The van der Waals surface area contributed by atoms with Gasteiger partial charge in [-0.2, -0.15) is 0 Å². The second-order valence-electron chi connectivity index (χ2n) is 4.78. The van der Waals surface area contributed by atoms with Crippen molar-refractivity contribution >= 4 is 0 Å². The molecule has 0 spiro atoms. The van der Waals surface area contributed by atoms with E-state index in [9.17, 15) is 10.2 Å². The highest BCUT2D eigenvalue weighted by Crippen LogP contribution is 2.22. The lowest BCUT2D eigenvalue weighted by Gasteiger charge is -2.14. The van der Waals surface area contributed by atoms with Crippen LogP contribution in [0.2, 0.25) is 0 Å². The SMILES string of the molecule is CC(Cc1ccccc1)NCc1ccc(O)cc1O. The molecule has 3 heteroatoms. The number of nitrogens with one attached hydrogen (secondary N) is 1. The zero-order valence-corrected chi connectivity index (χ0v) is 11.0. The Morgan fingerprint density at radius 1 is 1.05 bits per heavy atom. The van der Waals surface area contributed by atoms with E-state index in [0.29, 0.717) is 12.6 Å². The van der Waals surface area contributed by atoms with Gasteiger partial charge in [-0.15, -0.1) is 0 Å². The summed E-state index contributed by atoms with van der Waals surface area (Å²) in [5.41, 5.74) is 2.08. The summed E-state index contributed by atoms with van der Waals surface area (Å²) in [5, 5.41) is 22.3. The summed E-state index contributed by atoms with van der Waals surface area (Å²) in [6, 6.07) is 15.3. The molecule has 0 aliphatic heterocycles. The molecule has 0 amide bonds. The Morgan fingerprint density at radius 2 is 1.79 bits per heavy atom. The van der Waals surface area contributed by atoms with E-state index < -0.39 is 0 Å². The molecule has 0 bridgehead atoms. The summed E-state index contributed by atoms with van der Waals surface area (Å²) in [5.74, 6) is 0.206. The first kappa shape index (κ1) is 13.4. The van der Waals surface area contributed by atoms with Crippen molar-refractivity contribution in [2.75, 3.05) is 0 Å². The first-order chi connectivity index (χ1) is 9.15. The largest absolute Gasteiger partial charge is 0.508 e. The zero-order chi connectivity index (χ0) is 13.7. The van der Waals surface area contributed by atoms with Crippen LogP contribution in [0.1, 0.15) is 18.1 Å². The van der Waals surface area contributed by atoms with Crippen molar-refractivity contribution in [1.29, 1.82) is 0 Å². The average molecular weight is 257 g/mol. The van der Waals surface area contributed by atoms with Gasteiger partial charge in [-0.25, -0.2) is 0 Å². The number of benzene rings is 2. The number of rotatable bonds is 5. The van der Waals surface area contributed by atoms with Gasteiger partial charge in [0.1, 0.15) is 11.5 Å². The van der Waals surface area contributed by atoms with E-state index >= 15 is 0 Å². The Bertz CT molecular complexity index is 526. The average Bonchev–Trinajstić information content (AvgIpc) is 2.39. The van der Waals surface area contributed by atoms with Crippen LogP contribution in [-0.2, 0) is 13.0 Å². The predicted molar refractivity (Wildman–Crippen MR) is 76.2 cm³/mol. The van der Waals surface area contributed by atoms with Crippen molar-refractivity contribution in [2.24, 2.45) is 0 Å². The van der Waals surface area contributed by atoms with Gasteiger partial charge in [0, 0.05) is 24.2 Å². The van der Waals surface area contributed by atoms with Gasteiger partial charge in [0.05, 0.1) is 0 Å². The molecule has 0 fully saturated rings. The van der Waals surface area contributed by atoms with E-state index in [1.165, 1.54) is 11.6 Å². The smallest absolute Gasteiger partial charge is 0.123 e. The summed E-state index contributed by atoms with van der Waals surface area (Å²) < 4.78 is 0. The second kappa shape index (κ2) is 6.25. The molecule has 3 N–H and O–H groups in total. The fraction of sp³-hybridized carbons (Fsp3) is 0.250. The number of phenols is 2. The lowest BCUT2D eigenvalue weighted by Crippen LogP contribution is -2.27. The molecule has 1 atom stereocenters. The van der Waals surface area contributed by atoms with Gasteiger partial charge in [-0.1, -0.05) is 36.4 Å². The third kappa shape index (κ3) is 4.00. The molecule has 2 aromatic carbocycles. The number of hydrogen-bond donors (Lipinski definition) is 3. The van der Waals surface area contributed by atoms with Crippen LogP contribution < -0.4 is 5.32 Å². The van der Waals surface area contributed by atoms with Crippen LogP contribution in [0, 0.1) is 0 Å². The molecule has 0 aliphatic carbocycles. The van der Waals surface area contributed by atoms with E-state index in [2.05, 4.69) is 24.4 Å². The Balaban J connectivity index is 1.88. The minimum Gasteiger partial charge on any atom is -0.508 e. The van der Waals surface area contributed by atoms with Crippen LogP contribution in [-0.4, -0.2) is 16.3 Å². The molecule has 0 saturated carbocycles. The van der Waals surface area contributed by atoms with Crippen LogP contribution >= 0.6 is 0 Å². The summed E-state index contributed by atoms with van der Waals surface area (Å²) in [7, 11) is 0. The number of phenolic OH excluding ortho intramolecular Hbond substituents is 2. The van der Waals surface area contributed by atoms with Gasteiger partial charge in [-0.05, 0) is 25.0 Å². The van der Waals surface area contributed by atoms with Gasteiger partial charge in [0.25, 0.3) is 0 Å². The van der Waals surface area contributed by atoms with E-state index in [4.69, 9.17) is 0 Å². The lowest BCUT2D eigenvalue weighted by molar-refractivity contribution is 0.440. The maximum atomic E-state index is 9.69. The molecule has 0 heterocycles. The summed E-state index contributed by atoms with van der Waals surface area (Å²) in [4.78, 5) is 0. The fourth-order valence-corrected chi connectivity index (χ4v) is 2.03. The summed E-state index contributed by atoms with van der Waals surface area (Å²) >= 11 is 0. The molecule has 3 nitrogen and oxygen atoms in total. The van der Waals surface area contributed by atoms with Crippen molar-refractivity contribution < 1.29 is 10.2 Å². The molecular formula is C16H19NO2. The molecular weight excluding hydrogens is 238 g/mol. The molecule has 2 aromatic rings. The quantitative estimate of drug-likeness (QED) is 0.772. The van der Waals surface area contributed by atoms with Crippen LogP contribution in [0.3, 0.4) is 0 Å². The third-order valence-corrected chi connectivity index (χ3v) is 3.09. The second-order valence-corrected chi connectivity index (χ2v) is 4.78. The normalized spacial score (nSPS) is 12.3. The van der Waals surface area contributed by atoms with Crippen molar-refractivity contribution in [1.82, 2.24) is 5.32 Å². The third-order valence-electron chi connectivity index (χ3n) is 3.09. The van der Waals surface area contributed by atoms with Gasteiger partial charge < -0.3 is 15.5 Å². The van der Waals surface area contributed by atoms with Crippen molar-refractivity contribution in [3.63, 3.8) is 0 Å². The Kier molecular flexibility index (Phi) is 4.42. The maximum Gasteiger partial charge on any atom is 0.123 e. The number of aromatic hydroxyl groups is 2. The van der Waals surface area contributed by atoms with Crippen LogP contribution in [0.25, 0.3) is 0 Å². The van der Waals surface area contributed by atoms with E-state index in [-0.39, 0.29) is 11.5 Å². The molecule has 19 heavy (non-hydrogen) atoms. The minimum atomic E-state index is 0.0820. The number of hydrogen-bond acceptors (Lipinski definition) is 3. The van der Waals surface area contributed by atoms with E-state index in [1.54, 1.807) is 12.1 Å². The Morgan fingerprint density at radius 3 is 2.47 bits per heavy atom. The fourth-order valence-electron chi connectivity index (χ4n) is 2.03. The van der Waals surface area contributed by atoms with Gasteiger partial charge in [0.2, 0.25) is 0 Å². The van der Waals surface area contributed by atoms with Crippen LogP contribution in [0.4, 0.5) is 0 Å². The molecule has 0 aliphatic rings. The highest BCUT2D eigenvalue weighted by Gasteiger charge is 2.06. The summed E-state index contributed by atoms with van der Waals surface area (Å²) in [6.45, 7) is 2.70. The Hall–Kier alpha value is -2.00. The highest BCUT2D eigenvalue weighted by molar-refractivity contribution is 5.38. The topological polar surface area (TPSA) is 52.5 Å². The van der Waals surface area contributed by atoms with Crippen LogP contribution in [0.5, 0.6) is 11.5 Å². The standard InChI is InChI=1S/C16H19NO2/c1-12(9-13-5-3-2-4-6-13)17-11-14-7-8-15(18)10-16(14)19/h2-8,10,12,17-19H,9,11H2,1H3. The zero-order valence-electron chi connectivity index (χ0n) is 11.0. The lowest BCUT2D eigenvalue weighted by atomic mass is 10.1. The maximum absolute atomic E-state index is 9.69. The van der Waals surface area contributed by atoms with E-state index in [0.717, 1.165) is 12.0 Å². The van der Waals surface area contributed by atoms with Crippen molar-refractivity contribution in [3.8, 4) is 11.5 Å². The van der Waals surface area contributed by atoms with Crippen LogP contribution in [0.15, 0.2) is 48.5 Å². The monoisotopic (exact) mass is 257 g/mol. The molecule has 0 radical (unpaired) electrons. The predicted octanol–water partition coefficient (Wildman–Crippen LogP) is 2.82. The van der Waals surface area contributed by atoms with Crippen molar-refractivity contribution in [2.45, 2.75) is 25.9 Å². The van der Waals surface area contributed by atoms with Crippen molar-refractivity contribution in [3.05, 3.63) is 59.7 Å². The molecule has 0 aromatic heterocycles. The van der Waals surface area contributed by atoms with Gasteiger partial charge in [0.15, 0.2) is 0 Å². The van der Waals surface area contributed by atoms with Gasteiger partial charge in [-0.3, -0.25) is 0 Å². The highest BCUT2D eigenvalue weighted by atomic mass is 16.3. The molecule has 1 unspecified atom stereocenters.